The Bertz CT molecular complexity index is 1480. The van der Waals surface area contributed by atoms with Crippen LogP contribution in [-0.2, 0) is 0 Å². The molecule has 0 fully saturated rings. The first-order chi connectivity index (χ1) is 18.6. The number of nitrogens with one attached hydrogen (secondary N) is 2. The SMILES string of the molecule is CNc1ccccc1NC(=O)c1ccccc1C1c2ccc(N(C)C)cc2[Si](C)(C)c2cc(N(C)C)ccc21. The quantitative estimate of drug-likeness (QED) is 0.324. The highest BCUT2D eigenvalue weighted by Crippen LogP contribution is 2.39. The van der Waals surface area contributed by atoms with Crippen LogP contribution < -0.4 is 30.8 Å². The number of hydrogen-bond acceptors (Lipinski definition) is 4. The third-order valence-electron chi connectivity index (χ3n) is 8.04. The van der Waals surface area contributed by atoms with Crippen molar-refractivity contribution < 1.29 is 4.79 Å². The predicted octanol–water partition coefficient (Wildman–Crippen LogP) is 5.43. The first-order valence-corrected chi connectivity index (χ1v) is 16.4. The summed E-state index contributed by atoms with van der Waals surface area (Å²) in [7, 11) is 8.20. The van der Waals surface area contributed by atoms with E-state index in [0.717, 1.165) is 16.9 Å². The van der Waals surface area contributed by atoms with Crippen LogP contribution in [0.15, 0.2) is 84.9 Å². The van der Waals surface area contributed by atoms with E-state index in [9.17, 15) is 4.79 Å². The zero-order chi connectivity index (χ0) is 27.9. The number of hydrogen-bond donors (Lipinski definition) is 2. The Labute approximate surface area is 233 Å². The van der Waals surface area contributed by atoms with Crippen molar-refractivity contribution in [3.63, 3.8) is 0 Å². The lowest BCUT2D eigenvalue weighted by Gasteiger charge is -2.40. The molecule has 0 aromatic heterocycles. The van der Waals surface area contributed by atoms with Gasteiger partial charge in [-0.2, -0.15) is 0 Å². The smallest absolute Gasteiger partial charge is 0.256 e. The van der Waals surface area contributed by atoms with Crippen molar-refractivity contribution in [1.29, 1.82) is 0 Å². The highest BCUT2D eigenvalue weighted by molar-refractivity contribution is 7.01. The molecule has 1 amide bonds. The van der Waals surface area contributed by atoms with Crippen molar-refractivity contribution in [2.45, 2.75) is 19.0 Å². The number of benzene rings is 4. The van der Waals surface area contributed by atoms with Crippen molar-refractivity contribution in [2.24, 2.45) is 0 Å². The largest absolute Gasteiger partial charge is 0.386 e. The molecular weight excluding hydrogens is 496 g/mol. The summed E-state index contributed by atoms with van der Waals surface area (Å²) in [6.45, 7) is 4.90. The fourth-order valence-corrected chi connectivity index (χ4v) is 9.04. The van der Waals surface area contributed by atoms with Crippen LogP contribution >= 0.6 is 0 Å². The van der Waals surface area contributed by atoms with Gasteiger partial charge >= 0.3 is 0 Å². The van der Waals surface area contributed by atoms with Gasteiger partial charge in [0.05, 0.1) is 11.4 Å². The van der Waals surface area contributed by atoms with E-state index in [1.807, 2.05) is 49.5 Å². The molecule has 0 bridgehead atoms. The molecule has 0 aliphatic carbocycles. The number of nitrogens with zero attached hydrogens (tertiary/aromatic N) is 2. The van der Waals surface area contributed by atoms with Crippen LogP contribution in [0, 0.1) is 0 Å². The third-order valence-corrected chi connectivity index (χ3v) is 11.6. The Morgan fingerprint density at radius 1 is 0.692 bits per heavy atom. The molecule has 39 heavy (non-hydrogen) atoms. The van der Waals surface area contributed by atoms with Crippen LogP contribution in [0.1, 0.15) is 33.0 Å². The third kappa shape index (κ3) is 4.70. The topological polar surface area (TPSA) is 47.6 Å². The van der Waals surface area contributed by atoms with Gasteiger partial charge in [0.25, 0.3) is 5.91 Å². The van der Waals surface area contributed by atoms with E-state index in [-0.39, 0.29) is 11.8 Å². The summed E-state index contributed by atoms with van der Waals surface area (Å²) >= 11 is 0. The summed E-state index contributed by atoms with van der Waals surface area (Å²) in [5, 5.41) is 9.20. The van der Waals surface area contributed by atoms with Crippen LogP contribution in [0.25, 0.3) is 0 Å². The maximum absolute atomic E-state index is 13.8. The minimum absolute atomic E-state index is 0.0376. The molecule has 4 aromatic carbocycles. The van der Waals surface area contributed by atoms with Gasteiger partial charge in [0.2, 0.25) is 0 Å². The van der Waals surface area contributed by atoms with Crippen LogP contribution in [0.5, 0.6) is 0 Å². The summed E-state index contributed by atoms with van der Waals surface area (Å²) in [5.41, 5.74) is 8.39. The van der Waals surface area contributed by atoms with Crippen molar-refractivity contribution in [2.75, 3.05) is 55.7 Å². The fourth-order valence-electron chi connectivity index (χ4n) is 5.83. The monoisotopic (exact) mass is 534 g/mol. The zero-order valence-corrected chi connectivity index (χ0v) is 25.0. The molecule has 0 saturated heterocycles. The molecule has 6 heteroatoms. The molecule has 0 atom stereocenters. The molecule has 4 aromatic rings. The molecule has 0 spiro atoms. The van der Waals surface area contributed by atoms with Gasteiger partial charge in [0.1, 0.15) is 8.07 Å². The maximum Gasteiger partial charge on any atom is 0.256 e. The van der Waals surface area contributed by atoms with Crippen LogP contribution in [0.4, 0.5) is 22.7 Å². The second-order valence-corrected chi connectivity index (χ2v) is 15.6. The molecule has 1 heterocycles. The number of carbonyl (C=O) groups excluding carboxylic acids is 1. The van der Waals surface area contributed by atoms with Gasteiger partial charge in [-0.1, -0.05) is 55.6 Å². The molecular formula is C33H38N4OSi. The molecule has 200 valence electrons. The van der Waals surface area contributed by atoms with Crippen LogP contribution in [0.2, 0.25) is 13.1 Å². The van der Waals surface area contributed by atoms with E-state index in [1.54, 1.807) is 0 Å². The van der Waals surface area contributed by atoms with Gasteiger partial charge in [0, 0.05) is 58.1 Å². The second-order valence-electron chi connectivity index (χ2n) is 11.2. The average Bonchev–Trinajstić information content (AvgIpc) is 2.93. The highest BCUT2D eigenvalue weighted by Gasteiger charge is 2.41. The van der Waals surface area contributed by atoms with E-state index < -0.39 is 8.07 Å². The van der Waals surface area contributed by atoms with E-state index in [4.69, 9.17) is 0 Å². The summed E-state index contributed by atoms with van der Waals surface area (Å²) < 4.78 is 0. The van der Waals surface area contributed by atoms with Crippen molar-refractivity contribution in [3.05, 3.63) is 107 Å². The molecule has 0 unspecified atom stereocenters. The standard InChI is InChI=1S/C33H38N4OSi/c1-34-28-14-10-11-15-29(28)35-33(38)25-13-9-8-12-24(25)32-26-18-16-22(36(2)3)20-30(26)39(6,7)31-21-23(37(4)5)17-19-27(31)32/h8-21,32,34H,1-7H3,(H,35,38). The molecule has 2 N–H and O–H groups in total. The normalized spacial score (nSPS) is 13.7. The minimum atomic E-state index is -2.04. The number of rotatable bonds is 6. The summed E-state index contributed by atoms with van der Waals surface area (Å²) in [4.78, 5) is 18.2. The van der Waals surface area contributed by atoms with E-state index >= 15 is 0 Å². The Hall–Kier alpha value is -4.03. The first-order valence-electron chi connectivity index (χ1n) is 13.4. The van der Waals surface area contributed by atoms with Crippen molar-refractivity contribution in [3.8, 4) is 0 Å². The summed E-state index contributed by atoms with van der Waals surface area (Å²) in [6, 6.07) is 29.6. The number of amides is 1. The lowest BCUT2D eigenvalue weighted by Crippen LogP contribution is -2.59. The Morgan fingerprint density at radius 2 is 1.21 bits per heavy atom. The Kier molecular flexibility index (Phi) is 6.99. The highest BCUT2D eigenvalue weighted by atomic mass is 28.3. The lowest BCUT2D eigenvalue weighted by molar-refractivity contribution is 0.102. The van der Waals surface area contributed by atoms with E-state index in [2.05, 4.69) is 104 Å². The molecule has 0 saturated carbocycles. The van der Waals surface area contributed by atoms with Gasteiger partial charge in [-0.3, -0.25) is 4.79 Å². The number of para-hydroxylation sites is 2. The van der Waals surface area contributed by atoms with Crippen molar-refractivity contribution in [1.82, 2.24) is 0 Å². The number of anilines is 4. The first kappa shape index (κ1) is 26.6. The zero-order valence-electron chi connectivity index (χ0n) is 24.0. The van der Waals surface area contributed by atoms with Gasteiger partial charge in [0.15, 0.2) is 0 Å². The lowest BCUT2D eigenvalue weighted by atomic mass is 9.81. The second kappa shape index (κ2) is 10.3. The predicted molar refractivity (Wildman–Crippen MR) is 170 cm³/mol. The Balaban J connectivity index is 1.71. The Morgan fingerprint density at radius 3 is 1.74 bits per heavy atom. The van der Waals surface area contributed by atoms with Crippen LogP contribution in [0.3, 0.4) is 0 Å². The molecule has 1 aliphatic rings. The molecule has 1 aliphatic heterocycles. The number of carbonyl (C=O) groups is 1. The van der Waals surface area contributed by atoms with Crippen molar-refractivity contribution >= 4 is 47.1 Å². The molecule has 5 nitrogen and oxygen atoms in total. The number of fused-ring (bicyclic) bond motifs is 2. The minimum Gasteiger partial charge on any atom is -0.386 e. The van der Waals surface area contributed by atoms with Gasteiger partial charge in [-0.05, 0) is 69.5 Å². The van der Waals surface area contributed by atoms with E-state index in [1.165, 1.54) is 32.9 Å². The molecule has 5 rings (SSSR count). The molecule has 0 radical (unpaired) electrons. The average molecular weight is 535 g/mol. The fraction of sp³-hybridized carbons (Fsp3) is 0.242. The van der Waals surface area contributed by atoms with Gasteiger partial charge in [-0.15, -0.1) is 0 Å². The van der Waals surface area contributed by atoms with Crippen LogP contribution in [-0.4, -0.2) is 49.2 Å². The maximum atomic E-state index is 13.8. The van der Waals surface area contributed by atoms with Gasteiger partial charge < -0.3 is 20.4 Å². The van der Waals surface area contributed by atoms with Gasteiger partial charge in [-0.25, -0.2) is 0 Å². The van der Waals surface area contributed by atoms with E-state index in [0.29, 0.717) is 5.56 Å². The summed E-state index contributed by atoms with van der Waals surface area (Å²) in [5.74, 6) is -0.141. The summed E-state index contributed by atoms with van der Waals surface area (Å²) in [6.07, 6.45) is 0.